The molecule has 0 radical (unpaired) electrons. The van der Waals surface area contributed by atoms with Crippen LogP contribution in [0.2, 0.25) is 0 Å². The Morgan fingerprint density at radius 3 is 2.38 bits per heavy atom. The summed E-state index contributed by atoms with van der Waals surface area (Å²) in [5.74, 6) is -0.0693. The number of hydrogen-bond donors (Lipinski definition) is 2. The lowest BCUT2D eigenvalue weighted by Crippen LogP contribution is -2.42. The van der Waals surface area contributed by atoms with Crippen LogP contribution >= 0.6 is 0 Å². The van der Waals surface area contributed by atoms with Gasteiger partial charge in [0.2, 0.25) is 11.8 Å². The van der Waals surface area contributed by atoms with Crippen LogP contribution in [0, 0.1) is 0 Å². The van der Waals surface area contributed by atoms with Gasteiger partial charge in [0.25, 0.3) is 0 Å². The van der Waals surface area contributed by atoms with E-state index in [9.17, 15) is 9.59 Å². The molecule has 0 saturated carbocycles. The second-order valence-corrected chi connectivity index (χ2v) is 4.05. The number of amides is 2. The van der Waals surface area contributed by atoms with Gasteiger partial charge in [-0.15, -0.1) is 0 Å². The van der Waals surface area contributed by atoms with E-state index in [0.29, 0.717) is 6.54 Å². The average Bonchev–Trinajstić information content (AvgIpc) is 2.24. The number of hydrogen-bond acceptors (Lipinski definition) is 3. The number of nitrogens with zero attached hydrogens (tertiary/aromatic N) is 1. The summed E-state index contributed by atoms with van der Waals surface area (Å²) in [4.78, 5) is 24.4. The molecule has 0 aromatic heterocycles. The second-order valence-electron chi connectivity index (χ2n) is 4.05. The Morgan fingerprint density at radius 2 is 1.88 bits per heavy atom. The molecular weight excluding hydrogens is 206 g/mol. The SMILES string of the molecule is CCCNC(=O)CNCC(=O)N(C)C(C)C. The van der Waals surface area contributed by atoms with Crippen molar-refractivity contribution in [3.63, 3.8) is 0 Å². The minimum absolute atomic E-state index is 0.00158. The zero-order valence-electron chi connectivity index (χ0n) is 10.7. The normalized spacial score (nSPS) is 10.3. The van der Waals surface area contributed by atoms with Crippen molar-refractivity contribution in [2.24, 2.45) is 0 Å². The highest BCUT2D eigenvalue weighted by Crippen LogP contribution is 1.92. The van der Waals surface area contributed by atoms with E-state index in [4.69, 9.17) is 0 Å². The first-order valence-corrected chi connectivity index (χ1v) is 5.72. The van der Waals surface area contributed by atoms with E-state index in [2.05, 4.69) is 10.6 Å². The van der Waals surface area contributed by atoms with Crippen molar-refractivity contribution in [1.29, 1.82) is 0 Å². The molecule has 2 N–H and O–H groups in total. The van der Waals surface area contributed by atoms with Gasteiger partial charge in [-0.05, 0) is 20.3 Å². The van der Waals surface area contributed by atoms with Gasteiger partial charge >= 0.3 is 0 Å². The molecule has 0 atom stereocenters. The van der Waals surface area contributed by atoms with Gasteiger partial charge in [0.1, 0.15) is 0 Å². The molecule has 94 valence electrons. The van der Waals surface area contributed by atoms with Gasteiger partial charge in [0, 0.05) is 19.6 Å². The van der Waals surface area contributed by atoms with E-state index in [0.717, 1.165) is 6.42 Å². The van der Waals surface area contributed by atoms with Crippen LogP contribution in [0.5, 0.6) is 0 Å². The zero-order chi connectivity index (χ0) is 12.6. The van der Waals surface area contributed by atoms with Gasteiger partial charge in [-0.1, -0.05) is 6.92 Å². The molecule has 0 aliphatic rings. The molecule has 0 aliphatic carbocycles. The van der Waals surface area contributed by atoms with E-state index >= 15 is 0 Å². The van der Waals surface area contributed by atoms with Crippen molar-refractivity contribution in [1.82, 2.24) is 15.5 Å². The maximum absolute atomic E-state index is 11.5. The largest absolute Gasteiger partial charge is 0.355 e. The fraction of sp³-hybridized carbons (Fsp3) is 0.818. The Hall–Kier alpha value is -1.10. The smallest absolute Gasteiger partial charge is 0.236 e. The molecule has 0 spiro atoms. The van der Waals surface area contributed by atoms with Crippen LogP contribution < -0.4 is 10.6 Å². The van der Waals surface area contributed by atoms with E-state index < -0.39 is 0 Å². The van der Waals surface area contributed by atoms with Crippen LogP contribution in [0.25, 0.3) is 0 Å². The molecule has 5 nitrogen and oxygen atoms in total. The highest BCUT2D eigenvalue weighted by Gasteiger charge is 2.11. The number of rotatable bonds is 7. The minimum atomic E-state index is -0.0677. The molecule has 0 aromatic carbocycles. The molecule has 0 fully saturated rings. The van der Waals surface area contributed by atoms with Crippen molar-refractivity contribution in [2.75, 3.05) is 26.7 Å². The fourth-order valence-electron chi connectivity index (χ4n) is 1.02. The van der Waals surface area contributed by atoms with Crippen LogP contribution in [0.15, 0.2) is 0 Å². The van der Waals surface area contributed by atoms with Crippen LogP contribution in [-0.2, 0) is 9.59 Å². The monoisotopic (exact) mass is 229 g/mol. The summed E-state index contributed by atoms with van der Waals surface area (Å²) in [6.45, 7) is 6.97. The summed E-state index contributed by atoms with van der Waals surface area (Å²) in [6, 6.07) is 0.184. The van der Waals surface area contributed by atoms with Crippen molar-refractivity contribution >= 4 is 11.8 Å². The van der Waals surface area contributed by atoms with Gasteiger partial charge in [-0.25, -0.2) is 0 Å². The molecular formula is C11H23N3O2. The molecule has 0 aromatic rings. The van der Waals surface area contributed by atoms with Gasteiger partial charge in [-0.2, -0.15) is 0 Å². The summed E-state index contributed by atoms with van der Waals surface area (Å²) in [5, 5.41) is 5.56. The Morgan fingerprint density at radius 1 is 1.25 bits per heavy atom. The first-order chi connectivity index (χ1) is 7.49. The molecule has 0 heterocycles. The summed E-state index contributed by atoms with van der Waals surface area (Å²) < 4.78 is 0. The highest BCUT2D eigenvalue weighted by molar-refractivity contribution is 5.81. The number of nitrogens with one attached hydrogen (secondary N) is 2. The number of likely N-dealkylation sites (N-methyl/N-ethyl adjacent to an activating group) is 1. The maximum Gasteiger partial charge on any atom is 0.236 e. The summed E-state index contributed by atoms with van der Waals surface area (Å²) in [6.07, 6.45) is 0.917. The van der Waals surface area contributed by atoms with Crippen molar-refractivity contribution in [3.05, 3.63) is 0 Å². The van der Waals surface area contributed by atoms with Crippen molar-refractivity contribution < 1.29 is 9.59 Å². The topological polar surface area (TPSA) is 61.4 Å². The molecule has 0 aliphatic heterocycles. The number of carbonyl (C=O) groups is 2. The Balaban J connectivity index is 3.65. The van der Waals surface area contributed by atoms with Crippen LogP contribution in [0.4, 0.5) is 0 Å². The first-order valence-electron chi connectivity index (χ1n) is 5.72. The third-order valence-electron chi connectivity index (χ3n) is 2.30. The van der Waals surface area contributed by atoms with E-state index in [1.807, 2.05) is 20.8 Å². The molecule has 5 heteroatoms. The van der Waals surface area contributed by atoms with E-state index in [-0.39, 0.29) is 30.9 Å². The molecule has 0 rings (SSSR count). The molecule has 0 bridgehead atoms. The average molecular weight is 229 g/mol. The third kappa shape index (κ3) is 6.40. The lowest BCUT2D eigenvalue weighted by molar-refractivity contribution is -0.130. The van der Waals surface area contributed by atoms with Crippen LogP contribution in [0.3, 0.4) is 0 Å². The third-order valence-corrected chi connectivity index (χ3v) is 2.30. The van der Waals surface area contributed by atoms with E-state index in [1.165, 1.54) is 0 Å². The molecule has 0 unspecified atom stereocenters. The summed E-state index contributed by atoms with van der Waals surface area (Å²) >= 11 is 0. The van der Waals surface area contributed by atoms with Gasteiger partial charge in [0.15, 0.2) is 0 Å². The Bertz CT molecular complexity index is 229. The molecule has 2 amide bonds. The van der Waals surface area contributed by atoms with Crippen LogP contribution in [-0.4, -0.2) is 49.4 Å². The minimum Gasteiger partial charge on any atom is -0.355 e. The summed E-state index contributed by atoms with van der Waals surface area (Å²) in [5.41, 5.74) is 0. The predicted octanol–water partition coefficient (Wildman–Crippen LogP) is -0.0310. The van der Waals surface area contributed by atoms with E-state index in [1.54, 1.807) is 11.9 Å². The maximum atomic E-state index is 11.5. The van der Waals surface area contributed by atoms with Gasteiger partial charge in [0.05, 0.1) is 13.1 Å². The van der Waals surface area contributed by atoms with Crippen LogP contribution in [0.1, 0.15) is 27.2 Å². The standard InChI is InChI=1S/C11H23N3O2/c1-5-6-13-10(15)7-12-8-11(16)14(4)9(2)3/h9,12H,5-8H2,1-4H3,(H,13,15). The number of carbonyl (C=O) groups excluding carboxylic acids is 2. The quantitative estimate of drug-likeness (QED) is 0.644. The highest BCUT2D eigenvalue weighted by atomic mass is 16.2. The second kappa shape index (κ2) is 8.10. The zero-order valence-corrected chi connectivity index (χ0v) is 10.7. The fourth-order valence-corrected chi connectivity index (χ4v) is 1.02. The molecule has 16 heavy (non-hydrogen) atoms. The molecule has 0 saturated heterocycles. The lowest BCUT2D eigenvalue weighted by atomic mass is 10.3. The lowest BCUT2D eigenvalue weighted by Gasteiger charge is -2.21. The Labute approximate surface area is 97.6 Å². The first kappa shape index (κ1) is 14.9. The Kier molecular flexibility index (Phi) is 7.54. The van der Waals surface area contributed by atoms with Crippen molar-refractivity contribution in [3.8, 4) is 0 Å². The summed E-state index contributed by atoms with van der Waals surface area (Å²) in [7, 11) is 1.76. The van der Waals surface area contributed by atoms with Gasteiger partial charge in [-0.3, -0.25) is 14.9 Å². The predicted molar refractivity (Wildman–Crippen MR) is 64.1 cm³/mol. The van der Waals surface area contributed by atoms with Gasteiger partial charge < -0.3 is 10.2 Å². The van der Waals surface area contributed by atoms with Crippen molar-refractivity contribution in [2.45, 2.75) is 33.2 Å².